The molecule has 19 heavy (non-hydrogen) atoms. The van der Waals surface area contributed by atoms with Gasteiger partial charge in [-0.2, -0.15) is 0 Å². The smallest absolute Gasteiger partial charge is 0.222 e. The predicted octanol–water partition coefficient (Wildman–Crippen LogP) is 1.18. The van der Waals surface area contributed by atoms with Gasteiger partial charge in [-0.3, -0.25) is 4.79 Å². The molecule has 0 saturated carbocycles. The third-order valence-electron chi connectivity index (χ3n) is 4.65. The second-order valence-corrected chi connectivity index (χ2v) is 6.44. The molecule has 0 aliphatic carbocycles. The largest absolute Gasteiger partial charge is 0.346 e. The number of piperidine rings is 1. The Morgan fingerprint density at radius 3 is 2.89 bits per heavy atom. The molecule has 2 heterocycles. The van der Waals surface area contributed by atoms with Crippen LogP contribution < -0.4 is 5.32 Å². The lowest BCUT2D eigenvalue weighted by atomic mass is 9.95. The first-order chi connectivity index (χ1) is 9.15. The molecule has 1 N–H and O–H groups in total. The molecule has 2 aliphatic rings. The molecule has 2 atom stereocenters. The van der Waals surface area contributed by atoms with E-state index in [0.717, 1.165) is 44.8 Å². The third kappa shape index (κ3) is 4.77. The summed E-state index contributed by atoms with van der Waals surface area (Å²) < 4.78 is 0. The highest BCUT2D eigenvalue weighted by Crippen LogP contribution is 2.19. The Balaban J connectivity index is 1.65. The van der Waals surface area contributed by atoms with Crippen molar-refractivity contribution in [2.75, 3.05) is 46.8 Å². The maximum atomic E-state index is 12.1. The third-order valence-corrected chi connectivity index (χ3v) is 4.65. The zero-order chi connectivity index (χ0) is 13.7. The average Bonchev–Trinajstić information content (AvgIpc) is 2.89. The molecule has 2 unspecified atom stereocenters. The molecule has 4 heteroatoms. The molecule has 4 nitrogen and oxygen atoms in total. The second kappa shape index (κ2) is 7.25. The highest BCUT2D eigenvalue weighted by molar-refractivity contribution is 5.76. The van der Waals surface area contributed by atoms with E-state index < -0.39 is 0 Å². The van der Waals surface area contributed by atoms with E-state index in [2.05, 4.69) is 17.3 Å². The molecule has 2 rings (SSSR count). The molecule has 0 aromatic carbocycles. The van der Waals surface area contributed by atoms with Crippen LogP contribution in [0.25, 0.3) is 0 Å². The number of rotatable bonds is 5. The van der Waals surface area contributed by atoms with Crippen LogP contribution in [0.3, 0.4) is 0 Å². The van der Waals surface area contributed by atoms with Gasteiger partial charge in [0, 0.05) is 26.6 Å². The second-order valence-electron chi connectivity index (χ2n) is 6.44. The van der Waals surface area contributed by atoms with Crippen molar-refractivity contribution in [1.82, 2.24) is 15.1 Å². The summed E-state index contributed by atoms with van der Waals surface area (Å²) in [5, 5.41) is 3.33. The van der Waals surface area contributed by atoms with Crippen molar-refractivity contribution >= 4 is 5.91 Å². The van der Waals surface area contributed by atoms with Gasteiger partial charge in [0.15, 0.2) is 0 Å². The number of nitrogens with one attached hydrogen (secondary N) is 1. The molecule has 0 aromatic rings. The van der Waals surface area contributed by atoms with Crippen LogP contribution in [-0.4, -0.2) is 62.5 Å². The Bertz CT molecular complexity index is 289. The van der Waals surface area contributed by atoms with Gasteiger partial charge >= 0.3 is 0 Å². The first-order valence-corrected chi connectivity index (χ1v) is 7.78. The van der Waals surface area contributed by atoms with Gasteiger partial charge in [0.1, 0.15) is 0 Å². The van der Waals surface area contributed by atoms with Crippen molar-refractivity contribution in [1.29, 1.82) is 0 Å². The normalized spacial score (nSPS) is 28.5. The fourth-order valence-electron chi connectivity index (χ4n) is 3.30. The minimum absolute atomic E-state index is 0.331. The molecule has 0 spiro atoms. The van der Waals surface area contributed by atoms with Crippen LogP contribution in [0.5, 0.6) is 0 Å². The quantitative estimate of drug-likeness (QED) is 0.812. The summed E-state index contributed by atoms with van der Waals surface area (Å²) >= 11 is 0. The summed E-state index contributed by atoms with van der Waals surface area (Å²) in [5.74, 6) is 1.68. The minimum Gasteiger partial charge on any atom is -0.346 e. The monoisotopic (exact) mass is 267 g/mol. The van der Waals surface area contributed by atoms with Gasteiger partial charge in [-0.05, 0) is 64.2 Å². The molecule has 2 saturated heterocycles. The van der Waals surface area contributed by atoms with Crippen LogP contribution in [0.15, 0.2) is 0 Å². The van der Waals surface area contributed by atoms with Gasteiger partial charge < -0.3 is 15.1 Å². The van der Waals surface area contributed by atoms with Gasteiger partial charge in [0.2, 0.25) is 5.91 Å². The topological polar surface area (TPSA) is 35.6 Å². The SMILES string of the molecule is CN1CCCC(CCN(C)C(=O)CC2CCNC2)C1. The number of nitrogens with zero attached hydrogens (tertiary/aromatic N) is 2. The summed E-state index contributed by atoms with van der Waals surface area (Å²) in [6.07, 6.45) is 5.70. The van der Waals surface area contributed by atoms with E-state index in [4.69, 9.17) is 0 Å². The fourth-order valence-corrected chi connectivity index (χ4v) is 3.30. The molecule has 1 amide bonds. The van der Waals surface area contributed by atoms with Gasteiger partial charge in [0.25, 0.3) is 0 Å². The Morgan fingerprint density at radius 2 is 2.21 bits per heavy atom. The summed E-state index contributed by atoms with van der Waals surface area (Å²) in [5.41, 5.74) is 0. The number of carbonyl (C=O) groups is 1. The Kier molecular flexibility index (Phi) is 5.64. The lowest BCUT2D eigenvalue weighted by Crippen LogP contribution is -2.35. The molecular formula is C15H29N3O. The number of hydrogen-bond acceptors (Lipinski definition) is 3. The number of amides is 1. The number of carbonyl (C=O) groups excluding carboxylic acids is 1. The summed E-state index contributed by atoms with van der Waals surface area (Å²) in [6.45, 7) is 5.47. The van der Waals surface area contributed by atoms with Crippen molar-refractivity contribution in [3.8, 4) is 0 Å². The van der Waals surface area contributed by atoms with Crippen LogP contribution >= 0.6 is 0 Å². The van der Waals surface area contributed by atoms with E-state index in [1.54, 1.807) is 0 Å². The minimum atomic E-state index is 0.331. The van der Waals surface area contributed by atoms with Crippen LogP contribution in [-0.2, 0) is 4.79 Å². The molecule has 2 fully saturated rings. The van der Waals surface area contributed by atoms with Gasteiger partial charge in [0.05, 0.1) is 0 Å². The fraction of sp³-hybridized carbons (Fsp3) is 0.933. The summed E-state index contributed by atoms with van der Waals surface area (Å²) in [7, 11) is 4.17. The van der Waals surface area contributed by atoms with Gasteiger partial charge in [-0.1, -0.05) is 0 Å². The Morgan fingerprint density at radius 1 is 1.37 bits per heavy atom. The first kappa shape index (κ1) is 14.8. The van der Waals surface area contributed by atoms with Crippen molar-refractivity contribution in [2.45, 2.75) is 32.1 Å². The first-order valence-electron chi connectivity index (χ1n) is 7.78. The van der Waals surface area contributed by atoms with Crippen molar-refractivity contribution < 1.29 is 4.79 Å². The van der Waals surface area contributed by atoms with Crippen molar-refractivity contribution in [2.24, 2.45) is 11.8 Å². The van der Waals surface area contributed by atoms with Crippen LogP contribution in [0.4, 0.5) is 0 Å². The van der Waals surface area contributed by atoms with Crippen LogP contribution in [0, 0.1) is 11.8 Å². The van der Waals surface area contributed by atoms with E-state index in [0.29, 0.717) is 11.8 Å². The molecular weight excluding hydrogens is 238 g/mol. The predicted molar refractivity (Wildman–Crippen MR) is 78.1 cm³/mol. The van der Waals surface area contributed by atoms with E-state index >= 15 is 0 Å². The zero-order valence-corrected chi connectivity index (χ0v) is 12.5. The maximum absolute atomic E-state index is 12.1. The Hall–Kier alpha value is -0.610. The molecule has 110 valence electrons. The van der Waals surface area contributed by atoms with E-state index in [9.17, 15) is 4.79 Å². The maximum Gasteiger partial charge on any atom is 0.222 e. The van der Waals surface area contributed by atoms with E-state index in [-0.39, 0.29) is 0 Å². The van der Waals surface area contributed by atoms with Crippen molar-refractivity contribution in [3.63, 3.8) is 0 Å². The summed E-state index contributed by atoms with van der Waals surface area (Å²) in [4.78, 5) is 16.5. The zero-order valence-electron chi connectivity index (χ0n) is 12.5. The molecule has 0 aromatic heterocycles. The summed E-state index contributed by atoms with van der Waals surface area (Å²) in [6, 6.07) is 0. The molecule has 0 bridgehead atoms. The lowest BCUT2D eigenvalue weighted by molar-refractivity contribution is -0.131. The van der Waals surface area contributed by atoms with E-state index in [1.165, 1.54) is 25.9 Å². The van der Waals surface area contributed by atoms with Gasteiger partial charge in [-0.15, -0.1) is 0 Å². The highest BCUT2D eigenvalue weighted by Gasteiger charge is 2.22. The standard InChI is InChI=1S/C15H29N3O/c1-17-8-3-4-13(12-17)6-9-18(2)15(19)10-14-5-7-16-11-14/h13-14,16H,3-12H2,1-2H3. The van der Waals surface area contributed by atoms with Crippen LogP contribution in [0.1, 0.15) is 32.1 Å². The number of likely N-dealkylation sites (tertiary alicyclic amines) is 1. The van der Waals surface area contributed by atoms with E-state index in [1.807, 2.05) is 11.9 Å². The Labute approximate surface area is 117 Å². The lowest BCUT2D eigenvalue weighted by Gasteiger charge is -2.31. The van der Waals surface area contributed by atoms with Gasteiger partial charge in [-0.25, -0.2) is 0 Å². The highest BCUT2D eigenvalue weighted by atomic mass is 16.2. The number of hydrogen-bond donors (Lipinski definition) is 1. The molecule has 0 radical (unpaired) electrons. The molecule has 2 aliphatic heterocycles. The van der Waals surface area contributed by atoms with Crippen molar-refractivity contribution in [3.05, 3.63) is 0 Å². The average molecular weight is 267 g/mol. The van der Waals surface area contributed by atoms with Crippen LogP contribution in [0.2, 0.25) is 0 Å².